The third-order valence-electron chi connectivity index (χ3n) is 4.54. The summed E-state index contributed by atoms with van der Waals surface area (Å²) in [6.07, 6.45) is 4.56. The molecule has 0 spiro atoms. The normalized spacial score (nSPS) is 49.6. The highest BCUT2D eigenvalue weighted by Gasteiger charge is 2.64. The van der Waals surface area contributed by atoms with Crippen molar-refractivity contribution in [2.75, 3.05) is 6.54 Å². The number of halogens is 1. The Bertz CT molecular complexity index is 257. The number of rotatable bonds is 3. The van der Waals surface area contributed by atoms with Crippen LogP contribution in [0.5, 0.6) is 0 Å². The molecular formula is C12H18ClN. The number of hydrogen-bond donors (Lipinski definition) is 1. The van der Waals surface area contributed by atoms with E-state index in [1.807, 2.05) is 0 Å². The standard InChI is InChI=1S/C12H18ClN/c1-7(5-13)6-14-12-10-8-2-3-9(4-8)11(10)12/h5,8-12,14H,2-4,6H2,1H3/b7-5+. The summed E-state index contributed by atoms with van der Waals surface area (Å²) in [4.78, 5) is 0. The maximum absolute atomic E-state index is 5.64. The summed E-state index contributed by atoms with van der Waals surface area (Å²) < 4.78 is 0. The minimum atomic E-state index is 0.841. The lowest BCUT2D eigenvalue weighted by Gasteiger charge is -2.10. The molecular weight excluding hydrogens is 194 g/mol. The van der Waals surface area contributed by atoms with Gasteiger partial charge in [-0.25, -0.2) is 0 Å². The second-order valence-corrected chi connectivity index (χ2v) is 5.57. The summed E-state index contributed by atoms with van der Waals surface area (Å²) in [6, 6.07) is 0.841. The van der Waals surface area contributed by atoms with Crippen LogP contribution in [0.4, 0.5) is 0 Å². The van der Waals surface area contributed by atoms with Crippen LogP contribution in [-0.2, 0) is 0 Å². The molecule has 0 radical (unpaired) electrons. The van der Waals surface area contributed by atoms with Gasteiger partial charge in [0.25, 0.3) is 0 Å². The first kappa shape index (κ1) is 9.23. The monoisotopic (exact) mass is 211 g/mol. The Morgan fingerprint density at radius 3 is 2.57 bits per heavy atom. The van der Waals surface area contributed by atoms with Crippen LogP contribution in [-0.4, -0.2) is 12.6 Å². The Labute approximate surface area is 90.9 Å². The molecule has 0 aromatic rings. The summed E-state index contributed by atoms with van der Waals surface area (Å²) in [5.74, 6) is 4.22. The van der Waals surface area contributed by atoms with Crippen molar-refractivity contribution < 1.29 is 0 Å². The molecule has 3 fully saturated rings. The summed E-state index contributed by atoms with van der Waals surface area (Å²) in [6.45, 7) is 3.08. The average Bonchev–Trinajstić information content (AvgIpc) is 2.60. The van der Waals surface area contributed by atoms with Crippen LogP contribution in [0.15, 0.2) is 11.1 Å². The fraction of sp³-hybridized carbons (Fsp3) is 0.833. The molecule has 0 amide bonds. The molecule has 4 unspecified atom stereocenters. The van der Waals surface area contributed by atoms with Gasteiger partial charge in [0.15, 0.2) is 0 Å². The van der Waals surface area contributed by atoms with E-state index in [4.69, 9.17) is 11.6 Å². The summed E-state index contributed by atoms with van der Waals surface area (Å²) >= 11 is 5.64. The van der Waals surface area contributed by atoms with Crippen molar-refractivity contribution in [2.24, 2.45) is 23.7 Å². The minimum Gasteiger partial charge on any atom is -0.310 e. The van der Waals surface area contributed by atoms with E-state index in [-0.39, 0.29) is 0 Å². The Balaban J connectivity index is 1.54. The van der Waals surface area contributed by atoms with Gasteiger partial charge in [-0.15, -0.1) is 0 Å². The number of hydrogen-bond acceptors (Lipinski definition) is 1. The fourth-order valence-corrected chi connectivity index (χ4v) is 3.99. The van der Waals surface area contributed by atoms with E-state index in [9.17, 15) is 0 Å². The highest BCUT2D eigenvalue weighted by Crippen LogP contribution is 2.65. The zero-order chi connectivity index (χ0) is 9.71. The molecule has 3 rings (SSSR count). The van der Waals surface area contributed by atoms with E-state index in [1.165, 1.54) is 24.8 Å². The fourth-order valence-electron chi connectivity index (χ4n) is 3.92. The first-order chi connectivity index (χ1) is 6.81. The van der Waals surface area contributed by atoms with E-state index in [0.29, 0.717) is 0 Å². The molecule has 0 aromatic carbocycles. The van der Waals surface area contributed by atoms with Crippen molar-refractivity contribution in [3.05, 3.63) is 11.1 Å². The molecule has 0 saturated heterocycles. The van der Waals surface area contributed by atoms with E-state index in [0.717, 1.165) is 36.3 Å². The number of fused-ring (bicyclic) bond motifs is 5. The van der Waals surface area contributed by atoms with Crippen molar-refractivity contribution >= 4 is 11.6 Å². The van der Waals surface area contributed by atoms with Gasteiger partial charge < -0.3 is 5.32 Å². The van der Waals surface area contributed by atoms with E-state index in [2.05, 4.69) is 12.2 Å². The highest BCUT2D eigenvalue weighted by atomic mass is 35.5. The SMILES string of the molecule is C/C(=C\Cl)CNC1C2C3CCC(C3)C12. The molecule has 78 valence electrons. The van der Waals surface area contributed by atoms with Crippen LogP contribution in [0, 0.1) is 23.7 Å². The molecule has 3 saturated carbocycles. The smallest absolute Gasteiger partial charge is 0.0176 e. The molecule has 14 heavy (non-hydrogen) atoms. The minimum absolute atomic E-state index is 0.841. The highest BCUT2D eigenvalue weighted by molar-refractivity contribution is 6.25. The van der Waals surface area contributed by atoms with E-state index < -0.39 is 0 Å². The second-order valence-electron chi connectivity index (χ2n) is 5.35. The van der Waals surface area contributed by atoms with Gasteiger partial charge in [-0.1, -0.05) is 11.6 Å². The third kappa shape index (κ3) is 1.25. The van der Waals surface area contributed by atoms with Crippen LogP contribution in [0.3, 0.4) is 0 Å². The molecule has 3 aliphatic carbocycles. The second kappa shape index (κ2) is 3.24. The lowest BCUT2D eigenvalue weighted by atomic mass is 10.0. The average molecular weight is 212 g/mol. The molecule has 1 N–H and O–H groups in total. The van der Waals surface area contributed by atoms with Gasteiger partial charge in [-0.3, -0.25) is 0 Å². The van der Waals surface area contributed by atoms with Crippen LogP contribution in [0.2, 0.25) is 0 Å². The van der Waals surface area contributed by atoms with Crippen molar-refractivity contribution in [2.45, 2.75) is 32.2 Å². The van der Waals surface area contributed by atoms with E-state index in [1.54, 1.807) is 5.54 Å². The Kier molecular flexibility index (Phi) is 2.14. The predicted octanol–water partition coefficient (Wildman–Crippen LogP) is 2.76. The van der Waals surface area contributed by atoms with Gasteiger partial charge in [0.2, 0.25) is 0 Å². The quantitative estimate of drug-likeness (QED) is 0.757. The zero-order valence-corrected chi connectivity index (χ0v) is 9.43. The van der Waals surface area contributed by atoms with Crippen LogP contribution in [0.25, 0.3) is 0 Å². The van der Waals surface area contributed by atoms with Crippen LogP contribution < -0.4 is 5.32 Å². The topological polar surface area (TPSA) is 12.0 Å². The lowest BCUT2D eigenvalue weighted by molar-refractivity contribution is 0.456. The van der Waals surface area contributed by atoms with Crippen molar-refractivity contribution in [3.8, 4) is 0 Å². The number of nitrogens with one attached hydrogen (secondary N) is 1. The molecule has 1 nitrogen and oxygen atoms in total. The molecule has 0 aromatic heterocycles. The molecule has 3 aliphatic rings. The van der Waals surface area contributed by atoms with Gasteiger partial charge in [0.1, 0.15) is 0 Å². The summed E-state index contributed by atoms with van der Waals surface area (Å²) in [7, 11) is 0. The summed E-state index contributed by atoms with van der Waals surface area (Å²) in [5.41, 5.74) is 2.95. The van der Waals surface area contributed by atoms with Gasteiger partial charge in [0, 0.05) is 18.1 Å². The molecule has 0 aliphatic heterocycles. The Morgan fingerprint density at radius 2 is 2.00 bits per heavy atom. The van der Waals surface area contributed by atoms with Gasteiger partial charge in [-0.05, 0) is 55.4 Å². The van der Waals surface area contributed by atoms with Crippen LogP contribution in [0.1, 0.15) is 26.2 Å². The Hall–Kier alpha value is -0.0100. The molecule has 2 bridgehead atoms. The van der Waals surface area contributed by atoms with Crippen LogP contribution >= 0.6 is 11.6 Å². The maximum atomic E-state index is 5.64. The first-order valence-corrected chi connectivity index (χ1v) is 6.24. The molecule has 4 atom stereocenters. The van der Waals surface area contributed by atoms with E-state index >= 15 is 0 Å². The van der Waals surface area contributed by atoms with Gasteiger partial charge in [-0.2, -0.15) is 0 Å². The van der Waals surface area contributed by atoms with Crippen molar-refractivity contribution in [1.82, 2.24) is 5.32 Å². The van der Waals surface area contributed by atoms with Crippen molar-refractivity contribution in [3.63, 3.8) is 0 Å². The molecule has 0 heterocycles. The third-order valence-corrected chi connectivity index (χ3v) is 4.91. The molecule has 2 heteroatoms. The summed E-state index contributed by atoms with van der Waals surface area (Å²) in [5, 5.41) is 3.66. The largest absolute Gasteiger partial charge is 0.310 e. The zero-order valence-electron chi connectivity index (χ0n) is 8.67. The Morgan fingerprint density at radius 1 is 1.36 bits per heavy atom. The predicted molar refractivity (Wildman–Crippen MR) is 59.2 cm³/mol. The van der Waals surface area contributed by atoms with Gasteiger partial charge in [0.05, 0.1) is 0 Å². The maximum Gasteiger partial charge on any atom is 0.0176 e. The lowest BCUT2D eigenvalue weighted by Crippen LogP contribution is -2.24. The van der Waals surface area contributed by atoms with Crippen molar-refractivity contribution in [1.29, 1.82) is 0 Å². The first-order valence-electron chi connectivity index (χ1n) is 5.80. The van der Waals surface area contributed by atoms with Gasteiger partial charge >= 0.3 is 0 Å².